The van der Waals surface area contributed by atoms with Crippen LogP contribution in [0.2, 0.25) is 0 Å². The van der Waals surface area contributed by atoms with E-state index in [1.807, 2.05) is 49.4 Å². The maximum atomic E-state index is 12.7. The number of rotatable bonds is 4. The number of carbonyl (C=O) groups excluding carboxylic acids is 1. The molecule has 148 valence electrons. The Bertz CT molecular complexity index is 1310. The van der Waals surface area contributed by atoms with Crippen LogP contribution in [0.25, 0.3) is 21.9 Å². The lowest BCUT2D eigenvalue weighted by Gasteiger charge is -2.08. The molecular formula is C24H20N4O2. The zero-order valence-electron chi connectivity index (χ0n) is 16.7. The number of fused-ring (bicyclic) bond motifs is 1. The first-order valence-electron chi connectivity index (χ1n) is 9.51. The SMILES string of the molecule is C/C(=N\NC(=O)c1nn(C)c(=O)c2ccccc12)c1ccc(-c2ccccc2)cc1. The van der Waals surface area contributed by atoms with Gasteiger partial charge < -0.3 is 0 Å². The summed E-state index contributed by atoms with van der Waals surface area (Å²) in [4.78, 5) is 24.9. The lowest BCUT2D eigenvalue weighted by molar-refractivity contribution is 0.0949. The molecule has 1 N–H and O–H groups in total. The van der Waals surface area contributed by atoms with Crippen LogP contribution in [0, 0.1) is 0 Å². The van der Waals surface area contributed by atoms with E-state index in [1.165, 1.54) is 7.05 Å². The Morgan fingerprint density at radius 3 is 2.17 bits per heavy atom. The van der Waals surface area contributed by atoms with E-state index in [2.05, 4.69) is 27.8 Å². The maximum Gasteiger partial charge on any atom is 0.292 e. The third kappa shape index (κ3) is 3.75. The molecular weight excluding hydrogens is 376 g/mol. The van der Waals surface area contributed by atoms with Gasteiger partial charge >= 0.3 is 0 Å². The van der Waals surface area contributed by atoms with Crippen molar-refractivity contribution in [2.45, 2.75) is 6.92 Å². The fourth-order valence-electron chi connectivity index (χ4n) is 3.25. The summed E-state index contributed by atoms with van der Waals surface area (Å²) in [5.41, 5.74) is 6.27. The van der Waals surface area contributed by atoms with Crippen molar-refractivity contribution in [1.29, 1.82) is 0 Å². The van der Waals surface area contributed by atoms with Crippen molar-refractivity contribution >= 4 is 22.4 Å². The van der Waals surface area contributed by atoms with Crippen molar-refractivity contribution in [3.8, 4) is 11.1 Å². The molecule has 4 aromatic rings. The molecule has 0 unspecified atom stereocenters. The van der Waals surface area contributed by atoms with Crippen LogP contribution in [0.1, 0.15) is 23.0 Å². The van der Waals surface area contributed by atoms with Crippen LogP contribution in [0.3, 0.4) is 0 Å². The first-order chi connectivity index (χ1) is 14.5. The van der Waals surface area contributed by atoms with Gasteiger partial charge in [-0.3, -0.25) is 9.59 Å². The van der Waals surface area contributed by atoms with Gasteiger partial charge in [0, 0.05) is 12.4 Å². The van der Waals surface area contributed by atoms with Crippen molar-refractivity contribution < 1.29 is 4.79 Å². The van der Waals surface area contributed by atoms with Crippen molar-refractivity contribution in [3.63, 3.8) is 0 Å². The molecule has 6 nitrogen and oxygen atoms in total. The average molecular weight is 396 g/mol. The number of hydrazone groups is 1. The van der Waals surface area contributed by atoms with Gasteiger partial charge in [-0.1, -0.05) is 72.8 Å². The van der Waals surface area contributed by atoms with E-state index >= 15 is 0 Å². The molecule has 0 spiro atoms. The lowest BCUT2D eigenvalue weighted by Crippen LogP contribution is -2.27. The van der Waals surface area contributed by atoms with Crippen molar-refractivity contribution in [2.24, 2.45) is 12.1 Å². The molecule has 0 aliphatic rings. The summed E-state index contributed by atoms with van der Waals surface area (Å²) in [6.45, 7) is 1.82. The van der Waals surface area contributed by atoms with Gasteiger partial charge in [0.2, 0.25) is 0 Å². The van der Waals surface area contributed by atoms with Gasteiger partial charge in [-0.2, -0.15) is 10.2 Å². The second kappa shape index (κ2) is 8.13. The molecule has 0 bridgehead atoms. The Morgan fingerprint density at radius 1 is 0.867 bits per heavy atom. The predicted octanol–water partition coefficient (Wildman–Crippen LogP) is 3.75. The van der Waals surface area contributed by atoms with E-state index < -0.39 is 5.91 Å². The summed E-state index contributed by atoms with van der Waals surface area (Å²) >= 11 is 0. The third-order valence-electron chi connectivity index (χ3n) is 4.91. The van der Waals surface area contributed by atoms with Gasteiger partial charge in [0.15, 0.2) is 5.69 Å². The zero-order valence-corrected chi connectivity index (χ0v) is 16.7. The molecule has 1 aromatic heterocycles. The molecule has 0 saturated carbocycles. The van der Waals surface area contributed by atoms with E-state index in [0.29, 0.717) is 16.5 Å². The minimum atomic E-state index is -0.470. The van der Waals surface area contributed by atoms with Crippen LogP contribution in [-0.2, 0) is 7.05 Å². The summed E-state index contributed by atoms with van der Waals surface area (Å²) in [6, 6.07) is 25.0. The lowest BCUT2D eigenvalue weighted by atomic mass is 10.0. The molecule has 1 amide bonds. The van der Waals surface area contributed by atoms with Crippen molar-refractivity contribution in [3.05, 3.63) is 100 Å². The van der Waals surface area contributed by atoms with Gasteiger partial charge in [-0.05, 0) is 29.7 Å². The standard InChI is InChI=1S/C24H20N4O2/c1-16(17-12-14-19(15-13-17)18-8-4-3-5-9-18)25-26-23(29)22-20-10-6-7-11-21(20)24(30)28(2)27-22/h3-15H,1-2H3,(H,26,29)/b25-16+. The summed E-state index contributed by atoms with van der Waals surface area (Å²) < 4.78 is 1.16. The highest BCUT2D eigenvalue weighted by Crippen LogP contribution is 2.19. The topological polar surface area (TPSA) is 76.3 Å². The van der Waals surface area contributed by atoms with Gasteiger partial charge in [-0.15, -0.1) is 0 Å². The average Bonchev–Trinajstić information content (AvgIpc) is 2.80. The Hall–Kier alpha value is -4.06. The quantitative estimate of drug-likeness (QED) is 0.422. The minimum absolute atomic E-state index is 0.156. The molecule has 0 saturated heterocycles. The summed E-state index contributed by atoms with van der Waals surface area (Å²) in [5, 5.41) is 9.28. The fourth-order valence-corrected chi connectivity index (χ4v) is 3.25. The van der Waals surface area contributed by atoms with Crippen LogP contribution in [0.4, 0.5) is 0 Å². The molecule has 4 rings (SSSR count). The van der Waals surface area contributed by atoms with E-state index in [-0.39, 0.29) is 11.3 Å². The number of nitrogens with zero attached hydrogens (tertiary/aromatic N) is 3. The number of carbonyl (C=O) groups is 1. The monoisotopic (exact) mass is 396 g/mol. The molecule has 6 heteroatoms. The molecule has 3 aromatic carbocycles. The Kier molecular flexibility index (Phi) is 5.22. The van der Waals surface area contributed by atoms with E-state index in [4.69, 9.17) is 0 Å². The fraction of sp³-hybridized carbons (Fsp3) is 0.0833. The van der Waals surface area contributed by atoms with Gasteiger partial charge in [0.05, 0.1) is 11.1 Å². The smallest absolute Gasteiger partial charge is 0.267 e. The molecule has 30 heavy (non-hydrogen) atoms. The van der Waals surface area contributed by atoms with Gasteiger partial charge in [-0.25, -0.2) is 10.1 Å². The number of benzene rings is 3. The number of aryl methyl sites for hydroxylation is 1. The Morgan fingerprint density at radius 2 is 1.47 bits per heavy atom. The van der Waals surface area contributed by atoms with Crippen molar-refractivity contribution in [2.75, 3.05) is 0 Å². The molecule has 0 atom stereocenters. The van der Waals surface area contributed by atoms with Crippen molar-refractivity contribution in [1.82, 2.24) is 15.2 Å². The van der Waals surface area contributed by atoms with Crippen LogP contribution in [0.15, 0.2) is 88.8 Å². The molecule has 0 aliphatic heterocycles. The second-order valence-corrected chi connectivity index (χ2v) is 6.90. The van der Waals surface area contributed by atoms with E-state index in [0.717, 1.165) is 21.4 Å². The summed E-state index contributed by atoms with van der Waals surface area (Å²) in [7, 11) is 1.52. The third-order valence-corrected chi connectivity index (χ3v) is 4.91. The Labute approximate surface area is 173 Å². The van der Waals surface area contributed by atoms with E-state index in [9.17, 15) is 9.59 Å². The molecule has 1 heterocycles. The Balaban J connectivity index is 1.57. The van der Waals surface area contributed by atoms with E-state index in [1.54, 1.807) is 24.3 Å². The summed E-state index contributed by atoms with van der Waals surface area (Å²) in [6.07, 6.45) is 0. The first kappa shape index (κ1) is 19.3. The highest BCUT2D eigenvalue weighted by molar-refractivity contribution is 6.06. The van der Waals surface area contributed by atoms with Gasteiger partial charge in [0.1, 0.15) is 0 Å². The molecule has 0 aliphatic carbocycles. The van der Waals surface area contributed by atoms with Crippen LogP contribution in [0.5, 0.6) is 0 Å². The van der Waals surface area contributed by atoms with Crippen LogP contribution >= 0.6 is 0 Å². The minimum Gasteiger partial charge on any atom is -0.267 e. The van der Waals surface area contributed by atoms with Gasteiger partial charge in [0.25, 0.3) is 11.5 Å². The number of hydrogen-bond donors (Lipinski definition) is 1. The number of hydrogen-bond acceptors (Lipinski definition) is 4. The summed E-state index contributed by atoms with van der Waals surface area (Å²) in [5.74, 6) is -0.470. The number of amides is 1. The zero-order chi connectivity index (χ0) is 21.1. The van der Waals surface area contributed by atoms with Crippen LogP contribution < -0.4 is 11.0 Å². The van der Waals surface area contributed by atoms with Crippen LogP contribution in [-0.4, -0.2) is 21.4 Å². The molecule has 0 radical (unpaired) electrons. The normalized spacial score (nSPS) is 11.5. The highest BCUT2D eigenvalue weighted by Gasteiger charge is 2.15. The highest BCUT2D eigenvalue weighted by atomic mass is 16.2. The maximum absolute atomic E-state index is 12.7. The second-order valence-electron chi connectivity index (χ2n) is 6.90. The number of nitrogens with one attached hydrogen (secondary N) is 1. The first-order valence-corrected chi connectivity index (χ1v) is 9.51. The number of aromatic nitrogens is 2. The molecule has 0 fully saturated rings. The predicted molar refractivity (Wildman–Crippen MR) is 119 cm³/mol. The largest absolute Gasteiger partial charge is 0.292 e.